The van der Waals surface area contributed by atoms with Gasteiger partial charge in [-0.05, 0) is 51.1 Å². The molecule has 2 saturated heterocycles. The molecule has 126 valence electrons. The molecular weight excluding hydrogens is 302 g/mol. The van der Waals surface area contributed by atoms with Crippen LogP contribution in [0.25, 0.3) is 0 Å². The summed E-state index contributed by atoms with van der Waals surface area (Å²) in [5.74, 6) is 0.852. The minimum Gasteiger partial charge on any atom is -0.392 e. The highest BCUT2D eigenvalue weighted by molar-refractivity contribution is 6.66. The van der Waals surface area contributed by atoms with Crippen molar-refractivity contribution < 1.29 is 9.94 Å². The Hall–Kier alpha value is -0.360. The van der Waals surface area contributed by atoms with Gasteiger partial charge in [0.2, 0.25) is 0 Å². The van der Waals surface area contributed by atoms with Crippen molar-refractivity contribution in [1.29, 1.82) is 0 Å². The van der Waals surface area contributed by atoms with Crippen molar-refractivity contribution >= 4 is 16.8 Å². The number of nitrogens with zero attached hydrogens (tertiary/aromatic N) is 2. The first-order valence-corrected chi connectivity index (χ1v) is 8.93. The van der Waals surface area contributed by atoms with E-state index < -0.39 is 6.10 Å². The number of halogens is 1. The first-order chi connectivity index (χ1) is 10.6. The van der Waals surface area contributed by atoms with E-state index in [-0.39, 0.29) is 12.0 Å². The van der Waals surface area contributed by atoms with E-state index in [0.717, 1.165) is 38.4 Å². The number of hydrogen-bond donors (Lipinski definition) is 2. The van der Waals surface area contributed by atoms with Gasteiger partial charge in [0.15, 0.2) is 5.17 Å². The van der Waals surface area contributed by atoms with Crippen molar-refractivity contribution in [2.75, 3.05) is 32.8 Å². The summed E-state index contributed by atoms with van der Waals surface area (Å²) >= 11 is 6.31. The van der Waals surface area contributed by atoms with Crippen LogP contribution in [-0.4, -0.2) is 60.1 Å². The molecule has 3 rings (SSSR count). The molecule has 2 aliphatic heterocycles. The highest BCUT2D eigenvalue weighted by Gasteiger charge is 2.38. The molecule has 0 spiro atoms. The normalized spacial score (nSPS) is 33.1. The van der Waals surface area contributed by atoms with Gasteiger partial charge in [-0.1, -0.05) is 23.7 Å². The smallest absolute Gasteiger partial charge is 0.151 e. The Morgan fingerprint density at radius 2 is 2.23 bits per heavy atom. The van der Waals surface area contributed by atoms with Gasteiger partial charge in [0.25, 0.3) is 0 Å². The van der Waals surface area contributed by atoms with Crippen molar-refractivity contribution in [3.05, 3.63) is 0 Å². The van der Waals surface area contributed by atoms with E-state index in [1.54, 1.807) is 0 Å². The molecule has 3 aliphatic rings. The molecule has 2 N–H and O–H groups in total. The zero-order valence-corrected chi connectivity index (χ0v) is 14.2. The lowest BCUT2D eigenvalue weighted by molar-refractivity contribution is 0.0126. The van der Waals surface area contributed by atoms with E-state index in [4.69, 9.17) is 16.4 Å². The third-order valence-corrected chi connectivity index (χ3v) is 6.11. The number of fused-ring (bicyclic) bond motifs is 2. The van der Waals surface area contributed by atoms with Crippen molar-refractivity contribution in [2.24, 2.45) is 16.5 Å². The maximum atomic E-state index is 10.1. The van der Waals surface area contributed by atoms with Gasteiger partial charge < -0.3 is 15.3 Å². The van der Waals surface area contributed by atoms with Crippen LogP contribution >= 0.6 is 11.6 Å². The van der Waals surface area contributed by atoms with Gasteiger partial charge in [0.05, 0.1) is 0 Å². The molecule has 0 aromatic rings. The molecule has 3 fully saturated rings. The molecule has 0 amide bonds. The number of likely N-dealkylation sites (tertiary alicyclic amines) is 1. The molecule has 1 aliphatic carbocycles. The maximum Gasteiger partial charge on any atom is 0.151 e. The first-order valence-electron chi connectivity index (χ1n) is 8.55. The van der Waals surface area contributed by atoms with Crippen LogP contribution in [0.5, 0.6) is 0 Å². The summed E-state index contributed by atoms with van der Waals surface area (Å²) in [5.41, 5.74) is -0.0914. The van der Waals surface area contributed by atoms with Crippen LogP contribution in [0.2, 0.25) is 0 Å². The number of oxime groups is 1. The summed E-state index contributed by atoms with van der Waals surface area (Å²) < 4.78 is 0. The van der Waals surface area contributed by atoms with E-state index in [2.05, 4.69) is 22.3 Å². The van der Waals surface area contributed by atoms with Gasteiger partial charge in [0, 0.05) is 24.5 Å². The second-order valence-electron chi connectivity index (χ2n) is 7.43. The second kappa shape index (κ2) is 7.04. The van der Waals surface area contributed by atoms with Gasteiger partial charge in [-0.25, -0.2) is 0 Å². The van der Waals surface area contributed by atoms with Crippen molar-refractivity contribution in [3.63, 3.8) is 0 Å². The van der Waals surface area contributed by atoms with Gasteiger partial charge in [-0.2, -0.15) is 0 Å². The lowest BCUT2D eigenvalue weighted by Crippen LogP contribution is -2.40. The molecule has 0 aromatic carbocycles. The van der Waals surface area contributed by atoms with Crippen LogP contribution in [0.15, 0.2) is 5.16 Å². The topological polar surface area (TPSA) is 57.1 Å². The number of β-amino-alcohol motifs (C(OH)–C–C–N with tert-alkyl or cyclic N) is 1. The molecule has 5 nitrogen and oxygen atoms in total. The van der Waals surface area contributed by atoms with E-state index in [1.807, 2.05) is 0 Å². The Morgan fingerprint density at radius 3 is 2.86 bits per heavy atom. The quantitative estimate of drug-likeness (QED) is 0.576. The molecule has 0 radical (unpaired) electrons. The Bertz CT molecular complexity index is 412. The van der Waals surface area contributed by atoms with Gasteiger partial charge in [-0.15, -0.1) is 0 Å². The summed E-state index contributed by atoms with van der Waals surface area (Å²) in [6, 6.07) is 0.681. The SMILES string of the molecule is CC1(/C(Cl)=N/OCC(O)CN2CC3CCC2C3)CCNCC1. The second-order valence-corrected chi connectivity index (χ2v) is 7.79. The Labute approximate surface area is 138 Å². The van der Waals surface area contributed by atoms with E-state index in [9.17, 15) is 5.11 Å². The maximum absolute atomic E-state index is 10.1. The summed E-state index contributed by atoms with van der Waals surface area (Å²) in [4.78, 5) is 7.73. The zero-order valence-electron chi connectivity index (χ0n) is 13.4. The summed E-state index contributed by atoms with van der Waals surface area (Å²) in [7, 11) is 0. The number of aliphatic hydroxyl groups is 1. The van der Waals surface area contributed by atoms with Crippen LogP contribution in [0.3, 0.4) is 0 Å². The van der Waals surface area contributed by atoms with E-state index >= 15 is 0 Å². The van der Waals surface area contributed by atoms with Crippen LogP contribution in [0, 0.1) is 11.3 Å². The van der Waals surface area contributed by atoms with Crippen molar-refractivity contribution in [3.8, 4) is 0 Å². The molecule has 2 bridgehead atoms. The average molecular weight is 330 g/mol. The zero-order chi connectivity index (χ0) is 15.6. The van der Waals surface area contributed by atoms with E-state index in [1.165, 1.54) is 19.3 Å². The largest absolute Gasteiger partial charge is 0.392 e. The van der Waals surface area contributed by atoms with Crippen molar-refractivity contribution in [1.82, 2.24) is 10.2 Å². The Balaban J connectivity index is 1.41. The minimum atomic E-state index is -0.492. The van der Waals surface area contributed by atoms with Crippen LogP contribution < -0.4 is 5.32 Å². The predicted octanol–water partition coefficient (Wildman–Crippen LogP) is 1.79. The number of hydrogen-bond acceptors (Lipinski definition) is 5. The van der Waals surface area contributed by atoms with Gasteiger partial charge in [0.1, 0.15) is 12.7 Å². The Kier molecular flexibility index (Phi) is 5.28. The highest BCUT2D eigenvalue weighted by Crippen LogP contribution is 2.37. The highest BCUT2D eigenvalue weighted by atomic mass is 35.5. The van der Waals surface area contributed by atoms with Crippen LogP contribution in [-0.2, 0) is 4.84 Å². The number of piperidine rings is 2. The molecule has 22 heavy (non-hydrogen) atoms. The number of nitrogens with one attached hydrogen (secondary N) is 1. The molecule has 3 atom stereocenters. The molecule has 3 unspecified atom stereocenters. The van der Waals surface area contributed by atoms with Crippen LogP contribution in [0.1, 0.15) is 39.0 Å². The number of aliphatic hydroxyl groups excluding tert-OH is 1. The van der Waals surface area contributed by atoms with Crippen LogP contribution in [0.4, 0.5) is 0 Å². The molecular formula is C16H28ClN3O2. The summed E-state index contributed by atoms with van der Waals surface area (Å²) in [6.07, 6.45) is 5.41. The molecule has 1 saturated carbocycles. The van der Waals surface area contributed by atoms with E-state index in [0.29, 0.717) is 17.8 Å². The number of rotatable bonds is 6. The monoisotopic (exact) mass is 329 g/mol. The Morgan fingerprint density at radius 1 is 1.45 bits per heavy atom. The standard InChI is InChI=1S/C16H28ClN3O2/c1-16(4-6-18-7-5-16)15(17)19-22-11-14(21)10-20-9-12-2-3-13(20)8-12/h12-14,18,21H,2-11H2,1H3/b19-15-. The fraction of sp³-hybridized carbons (Fsp3) is 0.938. The van der Waals surface area contributed by atoms with Crippen molar-refractivity contribution in [2.45, 2.75) is 51.2 Å². The fourth-order valence-corrected chi connectivity index (χ4v) is 4.29. The first kappa shape index (κ1) is 16.5. The third-order valence-electron chi connectivity index (χ3n) is 5.58. The molecule has 2 heterocycles. The van der Waals surface area contributed by atoms with Gasteiger partial charge in [-0.3, -0.25) is 4.90 Å². The summed E-state index contributed by atoms with van der Waals surface area (Å²) in [5, 5.41) is 18.0. The molecule has 6 heteroatoms. The molecule has 0 aromatic heterocycles. The fourth-order valence-electron chi connectivity index (χ4n) is 4.05. The lowest BCUT2D eigenvalue weighted by Gasteiger charge is -2.32. The predicted molar refractivity (Wildman–Crippen MR) is 88.2 cm³/mol. The lowest BCUT2D eigenvalue weighted by atomic mass is 9.82. The average Bonchev–Trinajstić information content (AvgIpc) is 3.10. The summed E-state index contributed by atoms with van der Waals surface area (Å²) in [6.45, 7) is 6.09. The van der Waals surface area contributed by atoms with Gasteiger partial charge >= 0.3 is 0 Å². The third kappa shape index (κ3) is 3.75. The minimum absolute atomic E-state index is 0.0914.